The van der Waals surface area contributed by atoms with E-state index < -0.39 is 10.0 Å². The molecule has 3 rings (SSSR count). The van der Waals surface area contributed by atoms with Gasteiger partial charge in [-0.15, -0.1) is 0 Å². The largest absolute Gasteiger partial charge is 0.478 e. The predicted molar refractivity (Wildman–Crippen MR) is 113 cm³/mol. The maximum atomic E-state index is 12.6. The molecule has 0 fully saturated rings. The Kier molecular flexibility index (Phi) is 6.14. The Morgan fingerprint density at radius 2 is 1.76 bits per heavy atom. The number of nitrogens with one attached hydrogen (secondary N) is 2. The molecule has 1 heterocycles. The number of carbonyl (C=O) groups excluding carboxylic acids is 1. The Morgan fingerprint density at radius 1 is 1.07 bits per heavy atom. The molecular weight excluding hydrogens is 460 g/mol. The number of amides is 1. The lowest BCUT2D eigenvalue weighted by Crippen LogP contribution is -2.15. The lowest BCUT2D eigenvalue weighted by atomic mass is 10.1. The molecule has 0 radical (unpaired) electrons. The summed E-state index contributed by atoms with van der Waals surface area (Å²) in [6.07, 6.45) is 2.74. The molecule has 0 saturated heterocycles. The number of anilines is 2. The first-order valence-corrected chi connectivity index (χ1v) is 10.6. The third kappa shape index (κ3) is 4.90. The molecule has 150 valence electrons. The Labute approximate surface area is 176 Å². The van der Waals surface area contributed by atoms with E-state index in [1.54, 1.807) is 12.1 Å². The normalized spacial score (nSPS) is 11.0. The summed E-state index contributed by atoms with van der Waals surface area (Å²) in [5.41, 5.74) is 1.96. The van der Waals surface area contributed by atoms with Gasteiger partial charge in [0.1, 0.15) is 0 Å². The predicted octanol–water partition coefficient (Wildman–Crippen LogP) is 3.61. The van der Waals surface area contributed by atoms with E-state index in [1.807, 2.05) is 13.0 Å². The standard InChI is InChI=1S/C19H17BrN4O4S/c1-12-3-4-13(11-16(12)20)18(25)23-14-5-7-15(8-6-14)29(26,27)24-17-19(28-2)22-10-9-21-17/h3-11H,1-2H3,(H,21,24)(H,23,25). The number of sulfonamides is 1. The van der Waals surface area contributed by atoms with Crippen LogP contribution < -0.4 is 14.8 Å². The van der Waals surface area contributed by atoms with E-state index in [2.05, 4.69) is 35.9 Å². The summed E-state index contributed by atoms with van der Waals surface area (Å²) in [5, 5.41) is 2.73. The minimum atomic E-state index is -3.91. The summed E-state index contributed by atoms with van der Waals surface area (Å²) in [4.78, 5) is 20.2. The van der Waals surface area contributed by atoms with Crippen LogP contribution in [0.25, 0.3) is 0 Å². The van der Waals surface area contributed by atoms with Gasteiger partial charge in [-0.2, -0.15) is 0 Å². The van der Waals surface area contributed by atoms with Crippen molar-refractivity contribution in [3.05, 3.63) is 70.5 Å². The van der Waals surface area contributed by atoms with Gasteiger partial charge in [-0.05, 0) is 48.9 Å². The van der Waals surface area contributed by atoms with Crippen molar-refractivity contribution in [2.45, 2.75) is 11.8 Å². The van der Waals surface area contributed by atoms with Gasteiger partial charge in [0.15, 0.2) is 0 Å². The number of aromatic nitrogens is 2. The van der Waals surface area contributed by atoms with Crippen LogP contribution in [0, 0.1) is 6.92 Å². The van der Waals surface area contributed by atoms with Crippen LogP contribution in [0.2, 0.25) is 0 Å². The van der Waals surface area contributed by atoms with Gasteiger partial charge in [-0.25, -0.2) is 18.4 Å². The van der Waals surface area contributed by atoms with E-state index in [1.165, 1.54) is 43.8 Å². The number of hydrogen-bond donors (Lipinski definition) is 2. The van der Waals surface area contributed by atoms with E-state index >= 15 is 0 Å². The molecule has 8 nitrogen and oxygen atoms in total. The van der Waals surface area contributed by atoms with E-state index in [-0.39, 0.29) is 22.5 Å². The summed E-state index contributed by atoms with van der Waals surface area (Å²) in [6, 6.07) is 11.0. The maximum absolute atomic E-state index is 12.6. The first-order chi connectivity index (χ1) is 13.8. The van der Waals surface area contributed by atoms with Crippen LogP contribution in [-0.2, 0) is 10.0 Å². The highest BCUT2D eigenvalue weighted by Gasteiger charge is 2.18. The number of carbonyl (C=O) groups is 1. The number of hydrogen-bond acceptors (Lipinski definition) is 6. The number of rotatable bonds is 6. The van der Waals surface area contributed by atoms with Gasteiger partial charge in [-0.1, -0.05) is 22.0 Å². The lowest BCUT2D eigenvalue weighted by Gasteiger charge is -2.11. The highest BCUT2D eigenvalue weighted by Crippen LogP contribution is 2.23. The maximum Gasteiger partial charge on any atom is 0.263 e. The van der Waals surface area contributed by atoms with Crippen molar-refractivity contribution in [3.63, 3.8) is 0 Å². The van der Waals surface area contributed by atoms with Gasteiger partial charge in [0.05, 0.1) is 12.0 Å². The average Bonchev–Trinajstić information content (AvgIpc) is 2.70. The fraction of sp³-hybridized carbons (Fsp3) is 0.105. The van der Waals surface area contributed by atoms with E-state index in [0.29, 0.717) is 11.3 Å². The fourth-order valence-corrected chi connectivity index (χ4v) is 3.77. The van der Waals surface area contributed by atoms with Crippen LogP contribution in [0.15, 0.2) is 64.2 Å². The molecule has 0 saturated carbocycles. The molecule has 10 heteroatoms. The summed E-state index contributed by atoms with van der Waals surface area (Å²) in [7, 11) is -2.54. The van der Waals surface area contributed by atoms with Gasteiger partial charge >= 0.3 is 0 Å². The summed E-state index contributed by atoms with van der Waals surface area (Å²) >= 11 is 3.40. The van der Waals surface area contributed by atoms with E-state index in [9.17, 15) is 13.2 Å². The number of methoxy groups -OCH3 is 1. The number of aryl methyl sites for hydroxylation is 1. The van der Waals surface area contributed by atoms with Crippen molar-refractivity contribution in [1.82, 2.24) is 9.97 Å². The first-order valence-electron chi connectivity index (χ1n) is 8.35. The third-order valence-electron chi connectivity index (χ3n) is 3.95. The first kappa shape index (κ1) is 20.7. The van der Waals surface area contributed by atoms with Crippen LogP contribution in [0.5, 0.6) is 5.88 Å². The second kappa shape index (κ2) is 8.58. The van der Waals surface area contributed by atoms with Gasteiger partial charge in [-0.3, -0.25) is 9.52 Å². The Morgan fingerprint density at radius 3 is 2.41 bits per heavy atom. The van der Waals surface area contributed by atoms with Crippen LogP contribution in [0.1, 0.15) is 15.9 Å². The van der Waals surface area contributed by atoms with Crippen LogP contribution >= 0.6 is 15.9 Å². The lowest BCUT2D eigenvalue weighted by molar-refractivity contribution is 0.102. The summed E-state index contributed by atoms with van der Waals surface area (Å²) in [6.45, 7) is 1.93. The SMILES string of the molecule is COc1nccnc1NS(=O)(=O)c1ccc(NC(=O)c2ccc(C)c(Br)c2)cc1. The molecular formula is C19H17BrN4O4S. The topological polar surface area (TPSA) is 110 Å². The Balaban J connectivity index is 1.75. The second-order valence-electron chi connectivity index (χ2n) is 5.96. The van der Waals surface area contributed by atoms with Crippen LogP contribution in [0.4, 0.5) is 11.5 Å². The van der Waals surface area contributed by atoms with Gasteiger partial charge in [0.25, 0.3) is 21.8 Å². The fourth-order valence-electron chi connectivity index (χ4n) is 2.39. The van der Waals surface area contributed by atoms with Gasteiger partial charge in [0, 0.05) is 28.1 Å². The highest BCUT2D eigenvalue weighted by molar-refractivity contribution is 9.10. The summed E-state index contributed by atoms with van der Waals surface area (Å²) in [5.74, 6) is -0.259. The Bertz CT molecular complexity index is 1150. The van der Waals surface area contributed by atoms with Crippen LogP contribution in [0.3, 0.4) is 0 Å². The van der Waals surface area contributed by atoms with Crippen molar-refractivity contribution in [3.8, 4) is 5.88 Å². The van der Waals surface area contributed by atoms with Crippen molar-refractivity contribution in [2.24, 2.45) is 0 Å². The minimum Gasteiger partial charge on any atom is -0.478 e. The molecule has 3 aromatic rings. The number of ether oxygens (including phenoxy) is 1. The molecule has 2 N–H and O–H groups in total. The second-order valence-corrected chi connectivity index (χ2v) is 8.50. The summed E-state index contributed by atoms with van der Waals surface area (Å²) < 4.78 is 33.3. The molecule has 0 bridgehead atoms. The van der Waals surface area contributed by atoms with Gasteiger partial charge in [0.2, 0.25) is 5.82 Å². The monoisotopic (exact) mass is 476 g/mol. The molecule has 2 aromatic carbocycles. The van der Waals surface area contributed by atoms with E-state index in [0.717, 1.165) is 10.0 Å². The number of halogens is 1. The van der Waals surface area contributed by atoms with Crippen molar-refractivity contribution < 1.29 is 17.9 Å². The molecule has 1 amide bonds. The smallest absolute Gasteiger partial charge is 0.263 e. The minimum absolute atomic E-state index is 0.00119. The Hall–Kier alpha value is -2.98. The van der Waals surface area contributed by atoms with E-state index in [4.69, 9.17) is 4.74 Å². The molecule has 0 aliphatic rings. The molecule has 0 aliphatic carbocycles. The van der Waals surface area contributed by atoms with Crippen molar-refractivity contribution in [1.29, 1.82) is 0 Å². The molecule has 1 aromatic heterocycles. The van der Waals surface area contributed by atoms with Crippen molar-refractivity contribution >= 4 is 43.4 Å². The quantitative estimate of drug-likeness (QED) is 0.562. The zero-order valence-electron chi connectivity index (χ0n) is 15.5. The molecule has 0 atom stereocenters. The number of benzene rings is 2. The molecule has 29 heavy (non-hydrogen) atoms. The average molecular weight is 477 g/mol. The highest BCUT2D eigenvalue weighted by atomic mass is 79.9. The van der Waals surface area contributed by atoms with Crippen LogP contribution in [-0.4, -0.2) is 31.4 Å². The zero-order valence-corrected chi connectivity index (χ0v) is 17.9. The van der Waals surface area contributed by atoms with Gasteiger partial charge < -0.3 is 10.1 Å². The van der Waals surface area contributed by atoms with Crippen molar-refractivity contribution in [2.75, 3.05) is 17.1 Å². The number of nitrogens with zero attached hydrogens (tertiary/aromatic N) is 2. The molecule has 0 unspecified atom stereocenters. The third-order valence-corrected chi connectivity index (χ3v) is 6.15. The zero-order chi connectivity index (χ0) is 21.0. The molecule has 0 aliphatic heterocycles. The molecule has 0 spiro atoms.